The number of hydrogen-bond acceptors (Lipinski definition) is 6. The quantitative estimate of drug-likeness (QED) is 0.485. The van der Waals surface area contributed by atoms with Crippen LogP contribution >= 0.6 is 0 Å². The van der Waals surface area contributed by atoms with Gasteiger partial charge in [-0.2, -0.15) is 0 Å². The lowest BCUT2D eigenvalue weighted by Crippen LogP contribution is -2.47. The van der Waals surface area contributed by atoms with Crippen molar-refractivity contribution in [1.29, 1.82) is 0 Å². The summed E-state index contributed by atoms with van der Waals surface area (Å²) in [6.45, 7) is 10.7. The summed E-state index contributed by atoms with van der Waals surface area (Å²) < 4.78 is 21.9. The van der Waals surface area contributed by atoms with Crippen molar-refractivity contribution in [3.8, 4) is 11.5 Å². The van der Waals surface area contributed by atoms with Crippen LogP contribution in [0.1, 0.15) is 52.5 Å². The summed E-state index contributed by atoms with van der Waals surface area (Å²) in [5.74, 6) is 1.15. The van der Waals surface area contributed by atoms with Crippen LogP contribution in [-0.4, -0.2) is 74.5 Å². The van der Waals surface area contributed by atoms with Gasteiger partial charge < -0.3 is 28.7 Å². The average molecular weight is 465 g/mol. The van der Waals surface area contributed by atoms with Crippen LogP contribution in [0.2, 0.25) is 0 Å². The Morgan fingerprint density at radius 1 is 1.15 bits per heavy atom. The van der Waals surface area contributed by atoms with Crippen molar-refractivity contribution in [2.45, 2.75) is 59.1 Å². The first-order valence-corrected chi connectivity index (χ1v) is 11.7. The van der Waals surface area contributed by atoms with Gasteiger partial charge >= 0.3 is 6.09 Å². The van der Waals surface area contributed by atoms with Crippen LogP contribution in [0.15, 0.2) is 18.2 Å². The maximum atomic E-state index is 13.3. The van der Waals surface area contributed by atoms with Gasteiger partial charge in [0.15, 0.2) is 11.5 Å². The fourth-order valence-electron chi connectivity index (χ4n) is 3.81. The largest absolute Gasteiger partial charge is 0.493 e. The van der Waals surface area contributed by atoms with E-state index >= 15 is 0 Å². The third kappa shape index (κ3) is 8.42. The van der Waals surface area contributed by atoms with Crippen molar-refractivity contribution in [3.05, 3.63) is 23.8 Å². The van der Waals surface area contributed by atoms with E-state index in [1.807, 2.05) is 50.8 Å². The number of methoxy groups -OCH3 is 2. The molecule has 0 unspecified atom stereocenters. The Labute approximate surface area is 198 Å². The molecular formula is C25H40N2O6. The van der Waals surface area contributed by atoms with Crippen LogP contribution in [0, 0.1) is 5.92 Å². The number of ether oxygens (including phenoxy) is 4. The van der Waals surface area contributed by atoms with Crippen molar-refractivity contribution in [2.75, 3.05) is 47.1 Å². The Morgan fingerprint density at radius 2 is 1.91 bits per heavy atom. The minimum atomic E-state index is -0.554. The highest BCUT2D eigenvalue weighted by molar-refractivity contribution is 5.80. The third-order valence-electron chi connectivity index (χ3n) is 5.47. The van der Waals surface area contributed by atoms with Gasteiger partial charge in [-0.3, -0.25) is 4.79 Å². The zero-order valence-corrected chi connectivity index (χ0v) is 21.0. The molecule has 1 heterocycles. The third-order valence-corrected chi connectivity index (χ3v) is 5.47. The van der Waals surface area contributed by atoms with Crippen molar-refractivity contribution in [1.82, 2.24) is 9.80 Å². The van der Waals surface area contributed by atoms with Crippen molar-refractivity contribution >= 4 is 12.0 Å². The summed E-state index contributed by atoms with van der Waals surface area (Å²) in [7, 11) is 3.27. The molecule has 0 N–H and O–H groups in total. The molecule has 8 heteroatoms. The lowest BCUT2D eigenvalue weighted by Gasteiger charge is -2.35. The number of benzene rings is 1. The van der Waals surface area contributed by atoms with Gasteiger partial charge in [-0.05, 0) is 58.2 Å². The number of carbonyl (C=O) groups excluding carboxylic acids is 2. The normalized spacial score (nSPS) is 16.3. The van der Waals surface area contributed by atoms with Crippen LogP contribution in [0.3, 0.4) is 0 Å². The molecule has 33 heavy (non-hydrogen) atoms. The number of likely N-dealkylation sites (tertiary alicyclic amines) is 1. The molecule has 0 saturated carbocycles. The van der Waals surface area contributed by atoms with E-state index in [0.717, 1.165) is 24.8 Å². The summed E-state index contributed by atoms with van der Waals surface area (Å²) in [5, 5.41) is 0. The Hall–Kier alpha value is -2.48. The molecule has 8 nitrogen and oxygen atoms in total. The molecule has 2 rings (SSSR count). The van der Waals surface area contributed by atoms with Crippen molar-refractivity contribution < 1.29 is 28.5 Å². The molecule has 0 aromatic heterocycles. The van der Waals surface area contributed by atoms with Gasteiger partial charge in [0.1, 0.15) is 5.60 Å². The number of rotatable bonds is 10. The Bertz CT molecular complexity index is 777. The van der Waals surface area contributed by atoms with Crippen molar-refractivity contribution in [2.24, 2.45) is 5.92 Å². The van der Waals surface area contributed by atoms with Gasteiger partial charge in [-0.1, -0.05) is 6.07 Å². The Kier molecular flexibility index (Phi) is 10.3. The fraction of sp³-hybridized carbons (Fsp3) is 0.680. The lowest BCUT2D eigenvalue weighted by molar-refractivity contribution is -0.137. The van der Waals surface area contributed by atoms with Crippen LogP contribution < -0.4 is 9.47 Å². The van der Waals surface area contributed by atoms with E-state index in [0.29, 0.717) is 50.9 Å². The van der Waals surface area contributed by atoms with E-state index in [2.05, 4.69) is 0 Å². The second kappa shape index (κ2) is 12.7. The number of hydrogen-bond donors (Lipinski definition) is 0. The molecule has 1 aromatic carbocycles. The molecular weight excluding hydrogens is 424 g/mol. The summed E-state index contributed by atoms with van der Waals surface area (Å²) in [4.78, 5) is 29.3. The first-order chi connectivity index (χ1) is 15.7. The second-order valence-corrected chi connectivity index (χ2v) is 9.30. The fourth-order valence-corrected chi connectivity index (χ4v) is 3.81. The van der Waals surface area contributed by atoms with Gasteiger partial charge in [-0.15, -0.1) is 0 Å². The molecule has 1 saturated heterocycles. The first kappa shape index (κ1) is 26.8. The molecule has 0 bridgehead atoms. The summed E-state index contributed by atoms with van der Waals surface area (Å²) in [6, 6.07) is 5.74. The molecule has 1 fully saturated rings. The molecule has 2 amide bonds. The van der Waals surface area contributed by atoms with Gasteiger partial charge in [0.2, 0.25) is 5.91 Å². The molecule has 1 aliphatic heterocycles. The van der Waals surface area contributed by atoms with E-state index in [4.69, 9.17) is 18.9 Å². The maximum Gasteiger partial charge on any atom is 0.410 e. The Balaban J connectivity index is 2.04. The topological polar surface area (TPSA) is 77.5 Å². The van der Waals surface area contributed by atoms with Gasteiger partial charge in [0.25, 0.3) is 0 Å². The van der Waals surface area contributed by atoms with E-state index < -0.39 is 5.60 Å². The number of nitrogens with zero attached hydrogens (tertiary/aromatic N) is 2. The number of piperidine rings is 1. The average Bonchev–Trinajstić information content (AvgIpc) is 2.79. The van der Waals surface area contributed by atoms with Crippen LogP contribution in [-0.2, 0) is 20.8 Å². The van der Waals surface area contributed by atoms with Crippen molar-refractivity contribution in [3.63, 3.8) is 0 Å². The van der Waals surface area contributed by atoms with E-state index in [1.165, 1.54) is 0 Å². The molecule has 0 radical (unpaired) electrons. The minimum Gasteiger partial charge on any atom is -0.493 e. The maximum absolute atomic E-state index is 13.3. The molecule has 186 valence electrons. The zero-order valence-electron chi connectivity index (χ0n) is 21.0. The standard InChI is InChI=1S/C25H40N2O6/c1-7-26(17-19-11-12-21(31-6)22(16-19)32-15-9-14-30-5)23(28)20-10-8-13-27(18-20)24(29)33-25(2,3)4/h11-12,16,20H,7-10,13-15,17-18H2,1-6H3/t20-/m0/s1. The van der Waals surface area contributed by atoms with E-state index in [9.17, 15) is 9.59 Å². The summed E-state index contributed by atoms with van der Waals surface area (Å²) in [5.41, 5.74) is 0.411. The summed E-state index contributed by atoms with van der Waals surface area (Å²) >= 11 is 0. The summed E-state index contributed by atoms with van der Waals surface area (Å²) in [6.07, 6.45) is 1.98. The molecule has 0 spiro atoms. The molecule has 1 atom stereocenters. The monoisotopic (exact) mass is 464 g/mol. The number of amides is 2. The SMILES string of the molecule is CCN(Cc1ccc(OC)c(OCCCOC)c1)C(=O)[C@H]1CCCN(C(=O)OC(C)(C)C)C1. The highest BCUT2D eigenvalue weighted by Crippen LogP contribution is 2.29. The molecule has 1 aliphatic rings. The van der Waals surface area contributed by atoms with Crippen LogP contribution in [0.4, 0.5) is 4.79 Å². The second-order valence-electron chi connectivity index (χ2n) is 9.30. The number of carbonyl (C=O) groups is 2. The van der Waals surface area contributed by atoms with E-state index in [1.54, 1.807) is 19.1 Å². The van der Waals surface area contributed by atoms with Crippen LogP contribution in [0.25, 0.3) is 0 Å². The predicted octanol–water partition coefficient (Wildman–Crippen LogP) is 4.11. The first-order valence-electron chi connectivity index (χ1n) is 11.7. The minimum absolute atomic E-state index is 0.0594. The van der Waals surface area contributed by atoms with Gasteiger partial charge in [-0.25, -0.2) is 4.79 Å². The lowest BCUT2D eigenvalue weighted by atomic mass is 9.96. The highest BCUT2D eigenvalue weighted by Gasteiger charge is 2.33. The zero-order chi connectivity index (χ0) is 24.4. The predicted molar refractivity (Wildman–Crippen MR) is 127 cm³/mol. The van der Waals surface area contributed by atoms with E-state index in [-0.39, 0.29) is 17.9 Å². The van der Waals surface area contributed by atoms with Gasteiger partial charge in [0, 0.05) is 46.3 Å². The Morgan fingerprint density at radius 3 is 2.55 bits per heavy atom. The van der Waals surface area contributed by atoms with Gasteiger partial charge in [0.05, 0.1) is 19.6 Å². The van der Waals surface area contributed by atoms with Crippen LogP contribution in [0.5, 0.6) is 11.5 Å². The molecule has 1 aromatic rings. The highest BCUT2D eigenvalue weighted by atomic mass is 16.6. The smallest absolute Gasteiger partial charge is 0.410 e. The molecule has 0 aliphatic carbocycles.